The van der Waals surface area contributed by atoms with E-state index in [4.69, 9.17) is 0 Å². The summed E-state index contributed by atoms with van der Waals surface area (Å²) in [6, 6.07) is 0.256. The highest BCUT2D eigenvalue weighted by Gasteiger charge is 2.52. The lowest BCUT2D eigenvalue weighted by molar-refractivity contribution is -0.151. The number of allylic oxidation sites excluding steroid dienone is 2. The summed E-state index contributed by atoms with van der Waals surface area (Å²) in [6.07, 6.45) is 6.83. The standard InChI is InChI=1S/C16H24N2O3/c1-17-7-5-12(6-8-17)18(2)15(19)13-10-3-4-11(9-10)14(13)16(20)21/h3-4,10-14H,5-9H2,1-2H3,(H,20,21)/t10?,11?,13-,14+/m0/s1. The minimum Gasteiger partial charge on any atom is -0.481 e. The quantitative estimate of drug-likeness (QED) is 0.790. The van der Waals surface area contributed by atoms with Crippen molar-refractivity contribution >= 4 is 11.9 Å². The van der Waals surface area contributed by atoms with Crippen molar-refractivity contribution in [3.05, 3.63) is 12.2 Å². The number of likely N-dealkylation sites (tertiary alicyclic amines) is 1. The number of carboxylic acids is 1. The van der Waals surface area contributed by atoms with Crippen molar-refractivity contribution in [1.82, 2.24) is 9.80 Å². The lowest BCUT2D eigenvalue weighted by atomic mass is 9.81. The SMILES string of the molecule is CN1CCC(N(C)C(=O)[C@H]2C3C=CC(C3)[C@H]2C(=O)O)CC1. The van der Waals surface area contributed by atoms with Gasteiger partial charge in [0.2, 0.25) is 5.91 Å². The molecule has 2 bridgehead atoms. The number of rotatable bonds is 3. The predicted molar refractivity (Wildman–Crippen MR) is 78.6 cm³/mol. The Bertz CT molecular complexity index is 468. The molecule has 1 saturated carbocycles. The van der Waals surface area contributed by atoms with E-state index >= 15 is 0 Å². The highest BCUT2D eigenvalue weighted by Crippen LogP contribution is 2.48. The summed E-state index contributed by atoms with van der Waals surface area (Å²) < 4.78 is 0. The zero-order chi connectivity index (χ0) is 15.1. The molecule has 5 heteroatoms. The average Bonchev–Trinajstić information content (AvgIpc) is 3.07. The smallest absolute Gasteiger partial charge is 0.307 e. The summed E-state index contributed by atoms with van der Waals surface area (Å²) >= 11 is 0. The first-order valence-corrected chi connectivity index (χ1v) is 7.85. The molecule has 0 radical (unpaired) electrons. The molecule has 0 aromatic carbocycles. The summed E-state index contributed by atoms with van der Waals surface area (Å²) in [7, 11) is 3.95. The second-order valence-corrected chi connectivity index (χ2v) is 6.82. The van der Waals surface area contributed by atoms with Crippen LogP contribution in [-0.2, 0) is 9.59 Å². The van der Waals surface area contributed by atoms with Gasteiger partial charge in [-0.2, -0.15) is 0 Å². The van der Waals surface area contributed by atoms with Crippen LogP contribution in [0.5, 0.6) is 0 Å². The van der Waals surface area contributed by atoms with Crippen LogP contribution in [0.3, 0.4) is 0 Å². The lowest BCUT2D eigenvalue weighted by Gasteiger charge is -2.38. The van der Waals surface area contributed by atoms with Crippen LogP contribution in [0.4, 0.5) is 0 Å². The van der Waals surface area contributed by atoms with E-state index < -0.39 is 11.9 Å². The highest BCUT2D eigenvalue weighted by atomic mass is 16.4. The van der Waals surface area contributed by atoms with E-state index in [2.05, 4.69) is 18.0 Å². The number of aliphatic carboxylic acids is 1. The highest BCUT2D eigenvalue weighted by molar-refractivity contribution is 5.87. The van der Waals surface area contributed by atoms with Crippen LogP contribution in [0.2, 0.25) is 0 Å². The van der Waals surface area contributed by atoms with Gasteiger partial charge in [0.05, 0.1) is 11.8 Å². The average molecular weight is 292 g/mol. The Labute approximate surface area is 125 Å². The topological polar surface area (TPSA) is 60.9 Å². The van der Waals surface area contributed by atoms with Crippen LogP contribution in [0, 0.1) is 23.7 Å². The van der Waals surface area contributed by atoms with E-state index in [0.717, 1.165) is 32.4 Å². The van der Waals surface area contributed by atoms with Crippen molar-refractivity contribution in [2.45, 2.75) is 25.3 Å². The molecule has 2 fully saturated rings. The van der Waals surface area contributed by atoms with E-state index in [-0.39, 0.29) is 29.7 Å². The molecular weight excluding hydrogens is 268 g/mol. The molecule has 0 aromatic heterocycles. The van der Waals surface area contributed by atoms with Gasteiger partial charge in [0, 0.05) is 13.1 Å². The number of nitrogens with zero attached hydrogens (tertiary/aromatic N) is 2. The molecule has 5 nitrogen and oxygen atoms in total. The van der Waals surface area contributed by atoms with Gasteiger partial charge in [-0.25, -0.2) is 0 Å². The third-order valence-corrected chi connectivity index (χ3v) is 5.61. The van der Waals surface area contributed by atoms with Gasteiger partial charge in [0.15, 0.2) is 0 Å². The lowest BCUT2D eigenvalue weighted by Crippen LogP contribution is -2.49. The normalized spacial score (nSPS) is 36.1. The zero-order valence-corrected chi connectivity index (χ0v) is 12.7. The van der Waals surface area contributed by atoms with Gasteiger partial charge < -0.3 is 14.9 Å². The Morgan fingerprint density at radius 2 is 1.71 bits per heavy atom. The molecule has 21 heavy (non-hydrogen) atoms. The van der Waals surface area contributed by atoms with Crippen LogP contribution < -0.4 is 0 Å². The molecule has 1 saturated heterocycles. The molecule has 116 valence electrons. The molecule has 1 N–H and O–H groups in total. The summed E-state index contributed by atoms with van der Waals surface area (Å²) in [4.78, 5) is 28.5. The molecule has 1 amide bonds. The zero-order valence-electron chi connectivity index (χ0n) is 12.7. The number of carboxylic acid groups (broad SMARTS) is 1. The summed E-state index contributed by atoms with van der Waals surface area (Å²) in [5.41, 5.74) is 0. The first kappa shape index (κ1) is 14.6. The molecule has 3 aliphatic rings. The van der Waals surface area contributed by atoms with Crippen molar-refractivity contribution < 1.29 is 14.7 Å². The third-order valence-electron chi connectivity index (χ3n) is 5.61. The number of piperidine rings is 1. The van der Waals surface area contributed by atoms with Crippen LogP contribution >= 0.6 is 0 Å². The maximum atomic E-state index is 12.8. The fourth-order valence-corrected chi connectivity index (χ4v) is 4.29. The Hall–Kier alpha value is -1.36. The molecular formula is C16H24N2O3. The van der Waals surface area contributed by atoms with Crippen molar-refractivity contribution in [3.8, 4) is 0 Å². The molecule has 2 aliphatic carbocycles. The van der Waals surface area contributed by atoms with E-state index in [1.165, 1.54) is 0 Å². The minimum absolute atomic E-state index is 0.0359. The molecule has 3 rings (SSSR count). The third kappa shape index (κ3) is 2.48. The van der Waals surface area contributed by atoms with Gasteiger partial charge in [-0.15, -0.1) is 0 Å². The van der Waals surface area contributed by atoms with Gasteiger partial charge in [0.25, 0.3) is 0 Å². The van der Waals surface area contributed by atoms with Crippen LogP contribution in [-0.4, -0.2) is 60.0 Å². The first-order chi connectivity index (χ1) is 9.99. The van der Waals surface area contributed by atoms with Gasteiger partial charge in [-0.05, 0) is 51.2 Å². The van der Waals surface area contributed by atoms with Crippen LogP contribution in [0.15, 0.2) is 12.2 Å². The summed E-state index contributed by atoms with van der Waals surface area (Å²) in [5, 5.41) is 9.47. The number of carbonyl (C=O) groups is 2. The van der Waals surface area contributed by atoms with E-state index in [1.807, 2.05) is 18.0 Å². The van der Waals surface area contributed by atoms with Crippen molar-refractivity contribution in [3.63, 3.8) is 0 Å². The second kappa shape index (κ2) is 5.44. The largest absolute Gasteiger partial charge is 0.481 e. The molecule has 2 unspecified atom stereocenters. The molecule has 1 aliphatic heterocycles. The number of amides is 1. The minimum atomic E-state index is -0.818. The molecule has 4 atom stereocenters. The number of fused-ring (bicyclic) bond motifs is 2. The second-order valence-electron chi connectivity index (χ2n) is 6.82. The summed E-state index contributed by atoms with van der Waals surface area (Å²) in [6.45, 7) is 2.00. The Balaban J connectivity index is 1.72. The summed E-state index contributed by atoms with van der Waals surface area (Å²) in [5.74, 6) is -1.50. The molecule has 0 aromatic rings. The fraction of sp³-hybridized carbons (Fsp3) is 0.750. The van der Waals surface area contributed by atoms with E-state index in [9.17, 15) is 14.7 Å². The Morgan fingerprint density at radius 3 is 2.29 bits per heavy atom. The van der Waals surface area contributed by atoms with Crippen molar-refractivity contribution in [2.24, 2.45) is 23.7 Å². The Kier molecular flexibility index (Phi) is 3.78. The molecule has 1 heterocycles. The van der Waals surface area contributed by atoms with Crippen molar-refractivity contribution in [2.75, 3.05) is 27.2 Å². The monoisotopic (exact) mass is 292 g/mol. The maximum absolute atomic E-state index is 12.8. The fourth-order valence-electron chi connectivity index (χ4n) is 4.29. The maximum Gasteiger partial charge on any atom is 0.307 e. The predicted octanol–water partition coefficient (Wildman–Crippen LogP) is 1.06. The first-order valence-electron chi connectivity index (χ1n) is 7.85. The van der Waals surface area contributed by atoms with Gasteiger partial charge in [-0.3, -0.25) is 9.59 Å². The molecule has 0 spiro atoms. The van der Waals surface area contributed by atoms with Crippen LogP contribution in [0.25, 0.3) is 0 Å². The van der Waals surface area contributed by atoms with E-state index in [0.29, 0.717) is 0 Å². The van der Waals surface area contributed by atoms with Gasteiger partial charge >= 0.3 is 5.97 Å². The van der Waals surface area contributed by atoms with Crippen molar-refractivity contribution in [1.29, 1.82) is 0 Å². The van der Waals surface area contributed by atoms with Crippen LogP contribution in [0.1, 0.15) is 19.3 Å². The van der Waals surface area contributed by atoms with Gasteiger partial charge in [0.1, 0.15) is 0 Å². The number of hydrogen-bond acceptors (Lipinski definition) is 3. The number of carbonyl (C=O) groups excluding carboxylic acids is 1. The van der Waals surface area contributed by atoms with Gasteiger partial charge in [-0.1, -0.05) is 12.2 Å². The Morgan fingerprint density at radius 1 is 1.14 bits per heavy atom. The number of hydrogen-bond donors (Lipinski definition) is 1. The van der Waals surface area contributed by atoms with E-state index in [1.54, 1.807) is 0 Å².